The van der Waals surface area contributed by atoms with E-state index in [4.69, 9.17) is 11.5 Å². The molecule has 0 saturated heterocycles. The van der Waals surface area contributed by atoms with Gasteiger partial charge in [0.1, 0.15) is 18.1 Å². The van der Waals surface area contributed by atoms with Crippen LogP contribution in [0.3, 0.4) is 0 Å². The first kappa shape index (κ1) is 26.7. The highest BCUT2D eigenvalue weighted by atomic mass is 32.2. The highest BCUT2D eigenvalue weighted by molar-refractivity contribution is 7.98. The zero-order valence-electron chi connectivity index (χ0n) is 19.3. The van der Waals surface area contributed by atoms with Crippen molar-refractivity contribution < 1.29 is 19.2 Å². The van der Waals surface area contributed by atoms with E-state index >= 15 is 0 Å². The molecule has 0 spiro atoms. The summed E-state index contributed by atoms with van der Waals surface area (Å²) in [6.07, 6.45) is 2.33. The van der Waals surface area contributed by atoms with Gasteiger partial charge in [-0.3, -0.25) is 19.2 Å². The number of unbranched alkanes of at least 4 members (excludes halogenated alkanes) is 1. The zero-order chi connectivity index (χ0) is 24.4. The van der Waals surface area contributed by atoms with E-state index in [1.54, 1.807) is 12.1 Å². The number of hydrogen-bond donors (Lipinski definition) is 5. The number of carbonyl (C=O) groups is 4. The quantitative estimate of drug-likeness (QED) is 0.363. The van der Waals surface area contributed by atoms with Gasteiger partial charge < -0.3 is 27.4 Å². The van der Waals surface area contributed by atoms with E-state index in [2.05, 4.69) is 16.0 Å². The smallest absolute Gasteiger partial charge is 0.252 e. The third-order valence-corrected chi connectivity index (χ3v) is 6.91. The van der Waals surface area contributed by atoms with E-state index in [0.29, 0.717) is 43.5 Å². The summed E-state index contributed by atoms with van der Waals surface area (Å²) < 4.78 is 0. The number of nitrogens with two attached hydrogens (primary N) is 2. The molecular weight excluding hydrogens is 442 g/mol. The largest absolute Gasteiger partial charge is 0.368 e. The minimum atomic E-state index is -0.897. The Morgan fingerprint density at radius 2 is 1.85 bits per heavy atom. The molecule has 1 aromatic rings. The molecule has 0 saturated carbocycles. The first-order valence-electron chi connectivity index (χ1n) is 11.3. The van der Waals surface area contributed by atoms with E-state index < -0.39 is 35.8 Å². The van der Waals surface area contributed by atoms with Gasteiger partial charge in [-0.25, -0.2) is 0 Å². The summed E-state index contributed by atoms with van der Waals surface area (Å²) in [5.41, 5.74) is 12.3. The number of benzene rings is 1. The molecule has 0 radical (unpaired) electrons. The number of amides is 4. The molecule has 33 heavy (non-hydrogen) atoms. The lowest BCUT2D eigenvalue weighted by molar-refractivity contribution is -0.132. The van der Waals surface area contributed by atoms with Crippen LogP contribution in [0.25, 0.3) is 0 Å². The minimum absolute atomic E-state index is 0.158. The van der Waals surface area contributed by atoms with Crippen LogP contribution in [0, 0.1) is 5.92 Å². The Morgan fingerprint density at radius 1 is 1.12 bits per heavy atom. The summed E-state index contributed by atoms with van der Waals surface area (Å²) in [5.74, 6) is -1.38. The minimum Gasteiger partial charge on any atom is -0.368 e. The highest BCUT2D eigenvalue weighted by Gasteiger charge is 2.32. The number of thioether (sulfide) groups is 1. The van der Waals surface area contributed by atoms with Gasteiger partial charge in [0.05, 0.1) is 0 Å². The summed E-state index contributed by atoms with van der Waals surface area (Å²) in [4.78, 5) is 51.3. The molecule has 1 aliphatic rings. The van der Waals surface area contributed by atoms with Crippen molar-refractivity contribution in [3.8, 4) is 0 Å². The van der Waals surface area contributed by atoms with Crippen LogP contribution in [0.15, 0.2) is 24.3 Å². The van der Waals surface area contributed by atoms with Crippen molar-refractivity contribution in [2.24, 2.45) is 17.4 Å². The van der Waals surface area contributed by atoms with E-state index in [-0.39, 0.29) is 17.6 Å². The molecule has 182 valence electrons. The van der Waals surface area contributed by atoms with Gasteiger partial charge >= 0.3 is 0 Å². The van der Waals surface area contributed by atoms with Crippen LogP contribution in [-0.4, -0.2) is 54.1 Å². The average molecular weight is 478 g/mol. The van der Waals surface area contributed by atoms with Crippen molar-refractivity contribution in [1.29, 1.82) is 0 Å². The highest BCUT2D eigenvalue weighted by Crippen LogP contribution is 2.19. The summed E-state index contributed by atoms with van der Waals surface area (Å²) in [7, 11) is 0. The predicted molar refractivity (Wildman–Crippen MR) is 129 cm³/mol. The number of primary amides is 1. The fourth-order valence-electron chi connectivity index (χ4n) is 3.57. The van der Waals surface area contributed by atoms with E-state index in [0.717, 1.165) is 5.56 Å². The number of fused-ring (bicyclic) bond motifs is 1. The normalized spacial score (nSPS) is 23.4. The third-order valence-electron chi connectivity index (χ3n) is 5.83. The maximum Gasteiger partial charge on any atom is 0.252 e. The molecule has 1 unspecified atom stereocenters. The Balaban J connectivity index is 2.40. The van der Waals surface area contributed by atoms with Crippen LogP contribution in [0.4, 0.5) is 0 Å². The van der Waals surface area contributed by atoms with Crippen LogP contribution >= 0.6 is 11.8 Å². The van der Waals surface area contributed by atoms with Crippen LogP contribution in [0.5, 0.6) is 0 Å². The molecule has 1 aliphatic heterocycles. The van der Waals surface area contributed by atoms with Crippen molar-refractivity contribution in [3.05, 3.63) is 35.4 Å². The lowest BCUT2D eigenvalue weighted by Crippen LogP contribution is -2.58. The van der Waals surface area contributed by atoms with Crippen molar-refractivity contribution in [2.75, 3.05) is 12.3 Å². The third kappa shape index (κ3) is 7.75. The Hall–Kier alpha value is -2.59. The van der Waals surface area contributed by atoms with Crippen LogP contribution in [-0.2, 0) is 20.1 Å². The average Bonchev–Trinajstić information content (AvgIpc) is 2.80. The molecule has 2 rings (SSSR count). The van der Waals surface area contributed by atoms with E-state index in [1.165, 1.54) is 11.8 Å². The molecule has 7 N–H and O–H groups in total. The molecule has 10 heteroatoms. The fraction of sp³-hybridized carbons (Fsp3) is 0.565. The van der Waals surface area contributed by atoms with Gasteiger partial charge in [0.25, 0.3) is 5.91 Å². The summed E-state index contributed by atoms with van der Waals surface area (Å²) in [6.45, 7) is 4.28. The molecule has 1 aromatic carbocycles. The van der Waals surface area contributed by atoms with E-state index in [9.17, 15) is 19.2 Å². The summed E-state index contributed by atoms with van der Waals surface area (Å²) in [5, 5.41) is 8.35. The maximum absolute atomic E-state index is 13.2. The molecule has 9 nitrogen and oxygen atoms in total. The molecule has 0 aliphatic carbocycles. The fourth-order valence-corrected chi connectivity index (χ4v) is 4.64. The summed E-state index contributed by atoms with van der Waals surface area (Å²) in [6, 6.07) is 4.56. The first-order chi connectivity index (χ1) is 15.8. The topological polar surface area (TPSA) is 156 Å². The number of nitrogens with one attached hydrogen (secondary N) is 3. The molecule has 0 fully saturated rings. The van der Waals surface area contributed by atoms with Gasteiger partial charge in [-0.1, -0.05) is 38.5 Å². The Bertz CT molecular complexity index is 850. The maximum atomic E-state index is 13.2. The lowest BCUT2D eigenvalue weighted by atomic mass is 9.96. The zero-order valence-corrected chi connectivity index (χ0v) is 20.1. The molecule has 4 atom stereocenters. The number of rotatable bonds is 7. The summed E-state index contributed by atoms with van der Waals surface area (Å²) >= 11 is 1.40. The molecule has 0 bridgehead atoms. The monoisotopic (exact) mass is 477 g/mol. The van der Waals surface area contributed by atoms with Crippen molar-refractivity contribution in [2.45, 2.75) is 63.4 Å². The van der Waals surface area contributed by atoms with Crippen LogP contribution in [0.2, 0.25) is 0 Å². The van der Waals surface area contributed by atoms with Gasteiger partial charge in [-0.05, 0) is 43.4 Å². The van der Waals surface area contributed by atoms with Gasteiger partial charge in [0, 0.05) is 17.1 Å². The number of carbonyl (C=O) groups excluding carboxylic acids is 4. The number of hydrogen-bond acceptors (Lipinski definition) is 6. The van der Waals surface area contributed by atoms with Crippen LogP contribution in [0.1, 0.15) is 55.5 Å². The molecule has 4 amide bonds. The molecule has 1 heterocycles. The van der Waals surface area contributed by atoms with Crippen LogP contribution < -0.4 is 27.4 Å². The Kier molecular flexibility index (Phi) is 10.7. The van der Waals surface area contributed by atoms with Gasteiger partial charge in [-0.15, -0.1) is 0 Å². The van der Waals surface area contributed by atoms with Gasteiger partial charge in [-0.2, -0.15) is 11.8 Å². The van der Waals surface area contributed by atoms with Crippen molar-refractivity contribution in [1.82, 2.24) is 16.0 Å². The second-order valence-corrected chi connectivity index (χ2v) is 9.35. The molecular formula is C23H35N5O4S. The van der Waals surface area contributed by atoms with Gasteiger partial charge in [0.15, 0.2) is 0 Å². The van der Waals surface area contributed by atoms with Gasteiger partial charge in [0.2, 0.25) is 17.7 Å². The second kappa shape index (κ2) is 13.2. The lowest BCUT2D eigenvalue weighted by Gasteiger charge is -2.28. The van der Waals surface area contributed by atoms with Crippen molar-refractivity contribution in [3.63, 3.8) is 0 Å². The standard InChI is InChI=1S/C23H35N5O4S/c1-3-14(2)19-23(32)26-17(10-6-7-11-24)22(31)27-18(20(25)29)13-33-12-15-8-4-5-9-16(15)21(30)28-19/h4-5,8-9,14,17-19H,3,6-7,10-13,24H2,1-2H3,(H2,25,29)(H,26,32)(H,27,31)(H,28,30)/t14-,17-,18?,19-/m0/s1. The first-order valence-corrected chi connectivity index (χ1v) is 12.5. The Labute approximate surface area is 199 Å². The van der Waals surface area contributed by atoms with Crippen molar-refractivity contribution >= 4 is 35.4 Å². The second-order valence-electron chi connectivity index (χ2n) is 8.32. The predicted octanol–water partition coefficient (Wildman–Crippen LogP) is 0.662. The Morgan fingerprint density at radius 3 is 2.52 bits per heavy atom. The SMILES string of the molecule is CC[C@H](C)[C@@H]1NC(=O)c2ccccc2CSCC(C(N)=O)NC(=O)[C@H](CCCCN)NC1=O. The molecule has 0 aromatic heterocycles. The van der Waals surface area contributed by atoms with E-state index in [1.807, 2.05) is 26.0 Å².